The van der Waals surface area contributed by atoms with Gasteiger partial charge in [-0.15, -0.1) is 0 Å². The zero-order valence-corrected chi connectivity index (χ0v) is 12.1. The van der Waals surface area contributed by atoms with Crippen molar-refractivity contribution in [3.8, 4) is 6.01 Å². The molecule has 2 heterocycles. The molecule has 1 fully saturated rings. The van der Waals surface area contributed by atoms with Gasteiger partial charge in [-0.25, -0.2) is 0 Å². The molecule has 2 unspecified atom stereocenters. The monoisotopic (exact) mass is 286 g/mol. The van der Waals surface area contributed by atoms with Crippen LogP contribution in [0.25, 0.3) is 0 Å². The Kier molecular flexibility index (Phi) is 4.76. The maximum Gasteiger partial charge on any atom is 0.322 e. The molecule has 2 atom stereocenters. The lowest BCUT2D eigenvalue weighted by Gasteiger charge is -2.19. The van der Waals surface area contributed by atoms with E-state index in [1.165, 1.54) is 0 Å². The first kappa shape index (κ1) is 14.3. The van der Waals surface area contributed by atoms with Crippen LogP contribution in [-0.2, 0) is 4.74 Å². The molecule has 0 radical (unpaired) electrons. The number of aromatic nitrogens is 3. The predicted molar refractivity (Wildman–Crippen MR) is 72.6 cm³/mol. The second-order valence-electron chi connectivity index (χ2n) is 4.93. The van der Waals surface area contributed by atoms with Gasteiger partial charge in [0.25, 0.3) is 0 Å². The van der Waals surface area contributed by atoms with Gasteiger partial charge >= 0.3 is 6.01 Å². The van der Waals surface area contributed by atoms with Gasteiger partial charge in [0.1, 0.15) is 0 Å². The molecule has 2 rings (SSSR count). The molecular weight excluding hydrogens is 268 g/mol. The zero-order valence-electron chi connectivity index (χ0n) is 11.4. The summed E-state index contributed by atoms with van der Waals surface area (Å²) < 4.78 is 10.8. The Bertz CT molecular complexity index is 424. The minimum absolute atomic E-state index is 0.00743. The summed E-state index contributed by atoms with van der Waals surface area (Å²) in [6.07, 6.45) is 1.04. The molecule has 0 aliphatic carbocycles. The van der Waals surface area contributed by atoms with Crippen molar-refractivity contribution in [1.29, 1.82) is 0 Å². The van der Waals surface area contributed by atoms with Crippen LogP contribution >= 0.6 is 11.6 Å². The quantitative estimate of drug-likeness (QED) is 0.894. The fourth-order valence-electron chi connectivity index (χ4n) is 1.93. The first-order valence-corrected chi connectivity index (χ1v) is 6.85. The molecule has 1 N–H and O–H groups in total. The van der Waals surface area contributed by atoms with Gasteiger partial charge < -0.3 is 14.8 Å². The Hall–Kier alpha value is -1.14. The number of nitrogens with zero attached hydrogens (tertiary/aromatic N) is 3. The third kappa shape index (κ3) is 4.18. The van der Waals surface area contributed by atoms with E-state index in [1.54, 1.807) is 0 Å². The van der Waals surface area contributed by atoms with Gasteiger partial charge in [-0.05, 0) is 38.8 Å². The molecule has 1 saturated heterocycles. The smallest absolute Gasteiger partial charge is 0.322 e. The molecule has 0 spiro atoms. The summed E-state index contributed by atoms with van der Waals surface area (Å²) in [6.45, 7) is 7.48. The third-order valence-corrected chi connectivity index (χ3v) is 3.13. The van der Waals surface area contributed by atoms with Crippen molar-refractivity contribution >= 4 is 17.5 Å². The van der Waals surface area contributed by atoms with E-state index in [4.69, 9.17) is 21.1 Å². The topological polar surface area (TPSA) is 69.2 Å². The van der Waals surface area contributed by atoms with Crippen molar-refractivity contribution in [2.45, 2.75) is 39.3 Å². The SMILES string of the molecule is CC(C)Oc1nc(Cl)nc(NC(C)C2CCOC2)n1. The van der Waals surface area contributed by atoms with Gasteiger partial charge in [0.15, 0.2) is 0 Å². The molecule has 1 aromatic heterocycles. The summed E-state index contributed by atoms with van der Waals surface area (Å²) in [5, 5.41) is 3.36. The average molecular weight is 287 g/mol. The van der Waals surface area contributed by atoms with Gasteiger partial charge in [0.05, 0.1) is 12.7 Å². The van der Waals surface area contributed by atoms with Crippen LogP contribution in [0.1, 0.15) is 27.2 Å². The van der Waals surface area contributed by atoms with Gasteiger partial charge in [0, 0.05) is 18.6 Å². The van der Waals surface area contributed by atoms with Crippen molar-refractivity contribution in [3.05, 3.63) is 5.28 Å². The molecule has 0 amide bonds. The molecule has 106 valence electrons. The highest BCUT2D eigenvalue weighted by Crippen LogP contribution is 2.20. The number of halogens is 1. The van der Waals surface area contributed by atoms with E-state index in [0.29, 0.717) is 11.9 Å². The largest absolute Gasteiger partial charge is 0.461 e. The van der Waals surface area contributed by atoms with Crippen molar-refractivity contribution in [2.24, 2.45) is 5.92 Å². The average Bonchev–Trinajstić information content (AvgIpc) is 2.79. The van der Waals surface area contributed by atoms with Crippen molar-refractivity contribution < 1.29 is 9.47 Å². The Balaban J connectivity index is 2.04. The van der Waals surface area contributed by atoms with Gasteiger partial charge in [0.2, 0.25) is 11.2 Å². The molecule has 1 aromatic rings. The van der Waals surface area contributed by atoms with Crippen LogP contribution in [0.15, 0.2) is 0 Å². The molecule has 0 aromatic carbocycles. The van der Waals surface area contributed by atoms with E-state index in [-0.39, 0.29) is 23.4 Å². The summed E-state index contributed by atoms with van der Waals surface area (Å²) in [6, 6.07) is 0.459. The van der Waals surface area contributed by atoms with Crippen LogP contribution in [0.2, 0.25) is 5.28 Å². The summed E-state index contributed by atoms with van der Waals surface area (Å²) in [7, 11) is 0. The highest BCUT2D eigenvalue weighted by molar-refractivity contribution is 6.28. The van der Waals surface area contributed by atoms with Crippen LogP contribution in [0.5, 0.6) is 6.01 Å². The number of nitrogens with one attached hydrogen (secondary N) is 1. The maximum absolute atomic E-state index is 5.87. The van der Waals surface area contributed by atoms with E-state index < -0.39 is 0 Å². The van der Waals surface area contributed by atoms with E-state index in [1.807, 2.05) is 13.8 Å². The highest BCUT2D eigenvalue weighted by atomic mass is 35.5. The van der Waals surface area contributed by atoms with E-state index in [9.17, 15) is 0 Å². The fourth-order valence-corrected chi connectivity index (χ4v) is 2.08. The van der Waals surface area contributed by atoms with Crippen molar-refractivity contribution in [1.82, 2.24) is 15.0 Å². The summed E-state index contributed by atoms with van der Waals surface area (Å²) >= 11 is 5.87. The summed E-state index contributed by atoms with van der Waals surface area (Å²) in [5.41, 5.74) is 0. The van der Waals surface area contributed by atoms with Crippen LogP contribution in [0.3, 0.4) is 0 Å². The number of rotatable bonds is 5. The molecule has 7 heteroatoms. The first-order chi connectivity index (χ1) is 9.04. The second kappa shape index (κ2) is 6.34. The second-order valence-corrected chi connectivity index (χ2v) is 5.27. The molecule has 1 aliphatic rings. The highest BCUT2D eigenvalue weighted by Gasteiger charge is 2.23. The molecule has 0 saturated carbocycles. The fraction of sp³-hybridized carbons (Fsp3) is 0.750. The lowest BCUT2D eigenvalue weighted by Crippen LogP contribution is -2.27. The molecule has 6 nitrogen and oxygen atoms in total. The minimum Gasteiger partial charge on any atom is -0.461 e. The van der Waals surface area contributed by atoms with E-state index in [2.05, 4.69) is 27.2 Å². The Morgan fingerprint density at radius 2 is 2.11 bits per heavy atom. The number of hydrogen-bond donors (Lipinski definition) is 1. The Morgan fingerprint density at radius 1 is 1.32 bits per heavy atom. The van der Waals surface area contributed by atoms with E-state index >= 15 is 0 Å². The molecule has 19 heavy (non-hydrogen) atoms. The predicted octanol–water partition coefficient (Wildman–Crippen LogP) is 2.15. The maximum atomic E-state index is 5.87. The lowest BCUT2D eigenvalue weighted by molar-refractivity contribution is 0.183. The van der Waals surface area contributed by atoms with Crippen LogP contribution in [0.4, 0.5) is 5.95 Å². The molecule has 1 aliphatic heterocycles. The normalized spacial score (nSPS) is 20.6. The standard InChI is InChI=1S/C12H19ClN4O2/c1-7(2)19-12-16-10(13)15-11(17-12)14-8(3)9-4-5-18-6-9/h7-9H,4-6H2,1-3H3,(H,14,15,16,17). The molecule has 0 bridgehead atoms. The summed E-state index contributed by atoms with van der Waals surface area (Å²) in [5.74, 6) is 0.903. The van der Waals surface area contributed by atoms with Crippen LogP contribution in [-0.4, -0.2) is 40.3 Å². The zero-order chi connectivity index (χ0) is 13.8. The van der Waals surface area contributed by atoms with Crippen LogP contribution in [0, 0.1) is 5.92 Å². The van der Waals surface area contributed by atoms with E-state index in [0.717, 1.165) is 19.6 Å². The Morgan fingerprint density at radius 3 is 2.74 bits per heavy atom. The third-order valence-electron chi connectivity index (χ3n) is 2.96. The van der Waals surface area contributed by atoms with Crippen molar-refractivity contribution in [3.63, 3.8) is 0 Å². The Labute approximate surface area is 117 Å². The van der Waals surface area contributed by atoms with Crippen molar-refractivity contribution in [2.75, 3.05) is 18.5 Å². The van der Waals surface area contributed by atoms with Gasteiger partial charge in [-0.1, -0.05) is 0 Å². The number of ether oxygens (including phenoxy) is 2. The number of hydrogen-bond acceptors (Lipinski definition) is 6. The first-order valence-electron chi connectivity index (χ1n) is 6.47. The lowest BCUT2D eigenvalue weighted by atomic mass is 10.0. The molecular formula is C12H19ClN4O2. The number of anilines is 1. The minimum atomic E-state index is -0.00743. The van der Waals surface area contributed by atoms with Gasteiger partial charge in [-0.2, -0.15) is 15.0 Å². The van der Waals surface area contributed by atoms with Crippen LogP contribution < -0.4 is 10.1 Å². The summed E-state index contributed by atoms with van der Waals surface area (Å²) in [4.78, 5) is 12.2. The van der Waals surface area contributed by atoms with Gasteiger partial charge in [-0.3, -0.25) is 0 Å².